The molecule has 0 aliphatic heterocycles. The maximum Gasteiger partial charge on any atom is 0.129 e. The molecule has 0 bridgehead atoms. The summed E-state index contributed by atoms with van der Waals surface area (Å²) in [5.74, 6) is 1.19. The summed E-state index contributed by atoms with van der Waals surface area (Å²) < 4.78 is 13.8. The second-order valence-corrected chi connectivity index (χ2v) is 5.61. The number of halogens is 2. The molecule has 2 nitrogen and oxygen atoms in total. The Morgan fingerprint density at radius 3 is 2.78 bits per heavy atom. The number of hydrogen-bond acceptors (Lipinski definition) is 2. The van der Waals surface area contributed by atoms with E-state index in [1.807, 2.05) is 0 Å². The van der Waals surface area contributed by atoms with Crippen LogP contribution in [0.4, 0.5) is 4.39 Å². The molecule has 1 aliphatic rings. The molecule has 1 saturated carbocycles. The lowest BCUT2D eigenvalue weighted by Gasteiger charge is -2.20. The van der Waals surface area contributed by atoms with Crippen molar-refractivity contribution in [1.29, 1.82) is 0 Å². The zero-order chi connectivity index (χ0) is 13.1. The fourth-order valence-corrected chi connectivity index (χ4v) is 2.42. The van der Waals surface area contributed by atoms with Crippen molar-refractivity contribution in [3.05, 3.63) is 34.6 Å². The van der Waals surface area contributed by atoms with Gasteiger partial charge in [0.1, 0.15) is 5.82 Å². The summed E-state index contributed by atoms with van der Waals surface area (Å²) in [5, 5.41) is 3.77. The van der Waals surface area contributed by atoms with E-state index in [4.69, 9.17) is 17.3 Å². The van der Waals surface area contributed by atoms with Crippen molar-refractivity contribution in [2.45, 2.75) is 25.8 Å². The van der Waals surface area contributed by atoms with Gasteiger partial charge in [0.2, 0.25) is 0 Å². The summed E-state index contributed by atoms with van der Waals surface area (Å²) in [6.07, 6.45) is 2.65. The molecule has 100 valence electrons. The van der Waals surface area contributed by atoms with Crippen LogP contribution in [0.2, 0.25) is 5.02 Å². The smallest absolute Gasteiger partial charge is 0.129 e. The van der Waals surface area contributed by atoms with Crippen molar-refractivity contribution >= 4 is 11.6 Å². The molecule has 2 unspecified atom stereocenters. The standard InChI is InChI=1S/C14H20ClFN2/c1-9(10-2-3-10)8-18-14(7-17)12-5-4-11(15)6-13(12)16/h4-6,9-10,14,18H,2-3,7-8,17H2,1H3. The normalized spacial score (nSPS) is 18.7. The van der Waals surface area contributed by atoms with Crippen LogP contribution in [-0.4, -0.2) is 13.1 Å². The van der Waals surface area contributed by atoms with Crippen molar-refractivity contribution in [1.82, 2.24) is 5.32 Å². The highest BCUT2D eigenvalue weighted by molar-refractivity contribution is 6.30. The number of hydrogen-bond donors (Lipinski definition) is 2. The van der Waals surface area contributed by atoms with Crippen LogP contribution in [-0.2, 0) is 0 Å². The monoisotopic (exact) mass is 270 g/mol. The van der Waals surface area contributed by atoms with E-state index in [1.54, 1.807) is 12.1 Å². The minimum absolute atomic E-state index is 0.136. The van der Waals surface area contributed by atoms with Gasteiger partial charge in [-0.05, 0) is 43.4 Å². The van der Waals surface area contributed by atoms with E-state index in [1.165, 1.54) is 18.9 Å². The Labute approximate surface area is 113 Å². The van der Waals surface area contributed by atoms with Crippen LogP contribution in [0.3, 0.4) is 0 Å². The van der Waals surface area contributed by atoms with Gasteiger partial charge in [-0.25, -0.2) is 4.39 Å². The third-order valence-corrected chi connectivity index (χ3v) is 3.92. The maximum atomic E-state index is 13.8. The van der Waals surface area contributed by atoms with Crippen LogP contribution < -0.4 is 11.1 Å². The number of rotatable bonds is 6. The van der Waals surface area contributed by atoms with Gasteiger partial charge in [0.15, 0.2) is 0 Å². The van der Waals surface area contributed by atoms with E-state index in [9.17, 15) is 4.39 Å². The lowest BCUT2D eigenvalue weighted by Crippen LogP contribution is -2.32. The largest absolute Gasteiger partial charge is 0.329 e. The zero-order valence-electron chi connectivity index (χ0n) is 10.6. The predicted molar refractivity (Wildman–Crippen MR) is 73.1 cm³/mol. The van der Waals surface area contributed by atoms with Gasteiger partial charge in [-0.2, -0.15) is 0 Å². The first-order valence-corrected chi connectivity index (χ1v) is 6.88. The molecule has 0 spiro atoms. The molecule has 0 amide bonds. The van der Waals surface area contributed by atoms with Crippen molar-refractivity contribution in [2.24, 2.45) is 17.6 Å². The molecule has 1 fully saturated rings. The van der Waals surface area contributed by atoms with Crippen molar-refractivity contribution < 1.29 is 4.39 Å². The van der Waals surface area contributed by atoms with Crippen molar-refractivity contribution in [2.75, 3.05) is 13.1 Å². The van der Waals surface area contributed by atoms with Gasteiger partial charge in [-0.3, -0.25) is 0 Å². The SMILES string of the molecule is CC(CNC(CN)c1ccc(Cl)cc1F)C1CC1. The second kappa shape index (κ2) is 6.00. The second-order valence-electron chi connectivity index (χ2n) is 5.18. The highest BCUT2D eigenvalue weighted by Gasteiger charge is 2.28. The van der Waals surface area contributed by atoms with Crippen LogP contribution in [0.15, 0.2) is 18.2 Å². The summed E-state index contributed by atoms with van der Waals surface area (Å²) in [6, 6.07) is 4.62. The molecular weight excluding hydrogens is 251 g/mol. The van der Waals surface area contributed by atoms with E-state index in [0.29, 0.717) is 23.0 Å². The minimum Gasteiger partial charge on any atom is -0.329 e. The Hall–Kier alpha value is -0.640. The summed E-state index contributed by atoms with van der Waals surface area (Å²) in [4.78, 5) is 0. The first kappa shape index (κ1) is 13.8. The molecule has 0 saturated heterocycles. The summed E-state index contributed by atoms with van der Waals surface area (Å²) in [6.45, 7) is 3.50. The highest BCUT2D eigenvalue weighted by atomic mass is 35.5. The third-order valence-electron chi connectivity index (χ3n) is 3.69. The van der Waals surface area contributed by atoms with E-state index < -0.39 is 0 Å². The topological polar surface area (TPSA) is 38.0 Å². The van der Waals surface area contributed by atoms with Gasteiger partial charge in [0, 0.05) is 23.2 Å². The van der Waals surface area contributed by atoms with Gasteiger partial charge in [-0.15, -0.1) is 0 Å². The molecule has 1 aliphatic carbocycles. The first-order valence-electron chi connectivity index (χ1n) is 6.50. The number of nitrogens with one attached hydrogen (secondary N) is 1. The van der Waals surface area contributed by atoms with Gasteiger partial charge >= 0.3 is 0 Å². The molecule has 3 N–H and O–H groups in total. The third kappa shape index (κ3) is 3.44. The number of nitrogens with two attached hydrogens (primary N) is 1. The Morgan fingerprint density at radius 1 is 1.50 bits per heavy atom. The van der Waals surface area contributed by atoms with Gasteiger partial charge in [-0.1, -0.05) is 24.6 Å². The summed E-state index contributed by atoms with van der Waals surface area (Å²) >= 11 is 5.75. The molecule has 0 aromatic heterocycles. The molecule has 1 aromatic rings. The fraction of sp³-hybridized carbons (Fsp3) is 0.571. The van der Waals surface area contributed by atoms with Crippen molar-refractivity contribution in [3.63, 3.8) is 0 Å². The minimum atomic E-state index is -0.287. The molecule has 0 radical (unpaired) electrons. The lowest BCUT2D eigenvalue weighted by molar-refractivity contribution is 0.415. The van der Waals surface area contributed by atoms with Gasteiger partial charge < -0.3 is 11.1 Å². The van der Waals surface area contributed by atoms with Crippen LogP contribution >= 0.6 is 11.6 Å². The van der Waals surface area contributed by atoms with E-state index in [-0.39, 0.29) is 11.9 Å². The molecule has 18 heavy (non-hydrogen) atoms. The molecular formula is C14H20ClFN2. The summed E-state index contributed by atoms with van der Waals surface area (Å²) in [5.41, 5.74) is 6.33. The first-order chi connectivity index (χ1) is 8.61. The lowest BCUT2D eigenvalue weighted by atomic mass is 10.0. The molecule has 2 rings (SSSR count). The predicted octanol–water partition coefficient (Wildman–Crippen LogP) is 3.11. The maximum absolute atomic E-state index is 13.8. The Bertz CT molecular complexity index is 407. The van der Waals surface area contributed by atoms with Gasteiger partial charge in [0.05, 0.1) is 0 Å². The molecule has 1 aromatic carbocycles. The van der Waals surface area contributed by atoms with Crippen LogP contribution in [0, 0.1) is 17.7 Å². The van der Waals surface area contributed by atoms with E-state index in [2.05, 4.69) is 12.2 Å². The molecule has 0 heterocycles. The Kier molecular flexibility index (Phi) is 4.60. The average Bonchev–Trinajstić information content (AvgIpc) is 3.15. The van der Waals surface area contributed by atoms with E-state index >= 15 is 0 Å². The highest BCUT2D eigenvalue weighted by Crippen LogP contribution is 2.36. The number of benzene rings is 1. The average molecular weight is 271 g/mol. The quantitative estimate of drug-likeness (QED) is 0.834. The Morgan fingerprint density at radius 2 is 2.22 bits per heavy atom. The molecule has 2 atom stereocenters. The Balaban J connectivity index is 1.98. The molecule has 4 heteroatoms. The fourth-order valence-electron chi connectivity index (χ4n) is 2.26. The van der Waals surface area contributed by atoms with Crippen LogP contribution in [0.5, 0.6) is 0 Å². The van der Waals surface area contributed by atoms with Crippen LogP contribution in [0.1, 0.15) is 31.4 Å². The van der Waals surface area contributed by atoms with Crippen molar-refractivity contribution in [3.8, 4) is 0 Å². The zero-order valence-corrected chi connectivity index (χ0v) is 11.4. The van der Waals surface area contributed by atoms with Crippen LogP contribution in [0.25, 0.3) is 0 Å². The van der Waals surface area contributed by atoms with Gasteiger partial charge in [0.25, 0.3) is 0 Å². The summed E-state index contributed by atoms with van der Waals surface area (Å²) in [7, 11) is 0. The van der Waals surface area contributed by atoms with E-state index in [0.717, 1.165) is 12.5 Å².